The van der Waals surface area contributed by atoms with Crippen LogP contribution in [0.25, 0.3) is 0 Å². The predicted octanol–water partition coefficient (Wildman–Crippen LogP) is 0.260. The smallest absolute Gasteiger partial charge is 0.249 e. The minimum absolute atomic E-state index is 0.0208. The Morgan fingerprint density at radius 2 is 1.90 bits per heavy atom. The first kappa shape index (κ1) is 7.21. The van der Waals surface area contributed by atoms with Crippen LogP contribution in [0.15, 0.2) is 22.3 Å². The van der Waals surface area contributed by atoms with E-state index < -0.39 is 11.6 Å². The van der Waals surface area contributed by atoms with Gasteiger partial charge in [0.1, 0.15) is 0 Å². The lowest BCUT2D eigenvalue weighted by atomic mass is 10.1. The van der Waals surface area contributed by atoms with Gasteiger partial charge in [-0.05, 0) is 28.1 Å². The van der Waals surface area contributed by atoms with Crippen LogP contribution in [-0.2, 0) is 9.59 Å². The lowest BCUT2D eigenvalue weighted by Crippen LogP contribution is -2.22. The van der Waals surface area contributed by atoms with Crippen LogP contribution in [0.3, 0.4) is 0 Å². The van der Waals surface area contributed by atoms with Crippen molar-refractivity contribution in [2.75, 3.05) is 0 Å². The van der Waals surface area contributed by atoms with E-state index in [1.54, 1.807) is 0 Å². The highest BCUT2D eigenvalue weighted by Crippen LogP contribution is 2.14. The van der Waals surface area contributed by atoms with Gasteiger partial charge >= 0.3 is 0 Å². The normalized spacial score (nSPS) is 18.5. The van der Waals surface area contributed by atoms with E-state index in [0.717, 1.165) is 0 Å². The standard InChI is InChI=1S/C6H4BrNO2/c7-3-1-2-4(9)6(10)5(3)8/h1-2H,8H2. The zero-order valence-electron chi connectivity index (χ0n) is 4.93. The molecule has 1 aliphatic rings. The van der Waals surface area contributed by atoms with Gasteiger partial charge in [-0.25, -0.2) is 0 Å². The number of hydrogen-bond donors (Lipinski definition) is 1. The van der Waals surface area contributed by atoms with Gasteiger partial charge in [0.05, 0.1) is 5.70 Å². The fourth-order valence-electron chi connectivity index (χ4n) is 0.556. The van der Waals surface area contributed by atoms with E-state index in [4.69, 9.17) is 5.73 Å². The fourth-order valence-corrected chi connectivity index (χ4v) is 0.868. The van der Waals surface area contributed by atoms with Gasteiger partial charge in [0, 0.05) is 4.48 Å². The van der Waals surface area contributed by atoms with Crippen molar-refractivity contribution < 1.29 is 9.59 Å². The summed E-state index contributed by atoms with van der Waals surface area (Å²) < 4.78 is 0.470. The summed E-state index contributed by atoms with van der Waals surface area (Å²) in [6, 6.07) is 0. The van der Waals surface area contributed by atoms with Crippen LogP contribution < -0.4 is 5.73 Å². The van der Waals surface area contributed by atoms with Crippen LogP contribution >= 0.6 is 15.9 Å². The molecule has 1 rings (SSSR count). The van der Waals surface area contributed by atoms with Crippen LogP contribution in [0.4, 0.5) is 0 Å². The van der Waals surface area contributed by atoms with Crippen LogP contribution in [0.1, 0.15) is 0 Å². The maximum Gasteiger partial charge on any atom is 0.249 e. The van der Waals surface area contributed by atoms with E-state index in [2.05, 4.69) is 15.9 Å². The van der Waals surface area contributed by atoms with E-state index >= 15 is 0 Å². The summed E-state index contributed by atoms with van der Waals surface area (Å²) in [7, 11) is 0. The Morgan fingerprint density at radius 1 is 1.30 bits per heavy atom. The van der Waals surface area contributed by atoms with E-state index in [1.165, 1.54) is 12.2 Å². The molecule has 0 fully saturated rings. The topological polar surface area (TPSA) is 60.2 Å². The van der Waals surface area contributed by atoms with E-state index in [9.17, 15) is 9.59 Å². The molecule has 1 aliphatic carbocycles. The number of carbonyl (C=O) groups excluding carboxylic acids is 2. The summed E-state index contributed by atoms with van der Waals surface area (Å²) in [4.78, 5) is 21.3. The third-order valence-corrected chi connectivity index (χ3v) is 1.80. The van der Waals surface area contributed by atoms with Crippen molar-refractivity contribution in [2.45, 2.75) is 0 Å². The average molecular weight is 202 g/mol. The second kappa shape index (κ2) is 2.38. The van der Waals surface area contributed by atoms with Gasteiger partial charge in [-0.15, -0.1) is 0 Å². The molecule has 0 bridgehead atoms. The van der Waals surface area contributed by atoms with Crippen LogP contribution in [0.5, 0.6) is 0 Å². The largest absolute Gasteiger partial charge is 0.395 e. The molecule has 0 radical (unpaired) electrons. The van der Waals surface area contributed by atoms with Crippen LogP contribution in [-0.4, -0.2) is 11.6 Å². The monoisotopic (exact) mass is 201 g/mol. The molecule has 10 heavy (non-hydrogen) atoms. The average Bonchev–Trinajstić information content (AvgIpc) is 1.93. The molecule has 0 saturated carbocycles. The fraction of sp³-hybridized carbons (Fsp3) is 0. The maximum absolute atomic E-state index is 10.7. The molecule has 2 N–H and O–H groups in total. The number of rotatable bonds is 0. The van der Waals surface area contributed by atoms with Gasteiger partial charge in [0.15, 0.2) is 0 Å². The minimum atomic E-state index is -0.644. The Balaban J connectivity index is 3.11. The zero-order chi connectivity index (χ0) is 7.72. The lowest BCUT2D eigenvalue weighted by Gasteiger charge is -2.02. The molecule has 0 aromatic carbocycles. The second-order valence-corrected chi connectivity index (χ2v) is 2.64. The zero-order valence-corrected chi connectivity index (χ0v) is 6.51. The maximum atomic E-state index is 10.7. The summed E-state index contributed by atoms with van der Waals surface area (Å²) in [5.41, 5.74) is 5.20. The van der Waals surface area contributed by atoms with Gasteiger partial charge in [0.2, 0.25) is 11.6 Å². The first-order chi connectivity index (χ1) is 4.63. The van der Waals surface area contributed by atoms with E-state index in [0.29, 0.717) is 4.48 Å². The van der Waals surface area contributed by atoms with Crippen molar-refractivity contribution >= 4 is 27.5 Å². The SMILES string of the molecule is NC1=C(Br)C=CC(=O)C1=O. The molecule has 0 unspecified atom stereocenters. The number of ketones is 2. The molecule has 0 spiro atoms. The molecule has 0 amide bonds. The summed E-state index contributed by atoms with van der Waals surface area (Å²) in [5, 5.41) is 0. The Labute approximate surface area is 65.7 Å². The number of halogens is 1. The summed E-state index contributed by atoms with van der Waals surface area (Å²) >= 11 is 3.02. The van der Waals surface area contributed by atoms with Crippen molar-refractivity contribution in [3.05, 3.63) is 22.3 Å². The summed E-state index contributed by atoms with van der Waals surface area (Å²) in [6.45, 7) is 0. The van der Waals surface area contributed by atoms with Crippen molar-refractivity contribution in [3.63, 3.8) is 0 Å². The van der Waals surface area contributed by atoms with Gasteiger partial charge < -0.3 is 5.73 Å². The summed E-state index contributed by atoms with van der Waals surface area (Å²) in [6.07, 6.45) is 2.64. The Hall–Kier alpha value is -0.900. The molecule has 0 atom stereocenters. The molecule has 0 aromatic rings. The number of hydrogen-bond acceptors (Lipinski definition) is 3. The van der Waals surface area contributed by atoms with Crippen molar-refractivity contribution in [3.8, 4) is 0 Å². The first-order valence-electron chi connectivity index (χ1n) is 2.55. The van der Waals surface area contributed by atoms with Gasteiger partial charge in [-0.3, -0.25) is 9.59 Å². The number of carbonyl (C=O) groups is 2. The second-order valence-electron chi connectivity index (χ2n) is 1.79. The lowest BCUT2D eigenvalue weighted by molar-refractivity contribution is -0.131. The molecular weight excluding hydrogens is 198 g/mol. The third-order valence-electron chi connectivity index (χ3n) is 1.11. The van der Waals surface area contributed by atoms with E-state index in [1.807, 2.05) is 0 Å². The number of nitrogens with two attached hydrogens (primary N) is 1. The molecule has 0 aliphatic heterocycles. The first-order valence-corrected chi connectivity index (χ1v) is 3.34. The predicted molar refractivity (Wildman–Crippen MR) is 39.3 cm³/mol. The number of Topliss-reactive ketones (excluding diaryl/α,β-unsaturated/α-hetero) is 1. The molecule has 3 nitrogen and oxygen atoms in total. The Kier molecular flexibility index (Phi) is 1.72. The molecule has 0 aromatic heterocycles. The molecule has 0 heterocycles. The van der Waals surface area contributed by atoms with Crippen LogP contribution in [0.2, 0.25) is 0 Å². The van der Waals surface area contributed by atoms with Crippen molar-refractivity contribution in [1.29, 1.82) is 0 Å². The highest BCUT2D eigenvalue weighted by Gasteiger charge is 2.19. The van der Waals surface area contributed by atoms with Crippen molar-refractivity contribution in [2.24, 2.45) is 5.73 Å². The molecule has 4 heteroatoms. The van der Waals surface area contributed by atoms with Gasteiger partial charge in [-0.1, -0.05) is 0 Å². The Morgan fingerprint density at radius 3 is 2.40 bits per heavy atom. The quantitative estimate of drug-likeness (QED) is 0.452. The molecular formula is C6H4BrNO2. The third kappa shape index (κ3) is 1.02. The summed E-state index contributed by atoms with van der Waals surface area (Å²) in [5.74, 6) is -1.21. The Bertz CT molecular complexity index is 265. The highest BCUT2D eigenvalue weighted by molar-refractivity contribution is 9.12. The molecule has 52 valence electrons. The van der Waals surface area contributed by atoms with Crippen molar-refractivity contribution in [1.82, 2.24) is 0 Å². The van der Waals surface area contributed by atoms with Gasteiger partial charge in [-0.2, -0.15) is 0 Å². The minimum Gasteiger partial charge on any atom is -0.395 e. The number of allylic oxidation sites excluding steroid dienone is 4. The van der Waals surface area contributed by atoms with Crippen LogP contribution in [0, 0.1) is 0 Å². The van der Waals surface area contributed by atoms with E-state index in [-0.39, 0.29) is 5.70 Å². The molecule has 0 saturated heterocycles. The van der Waals surface area contributed by atoms with Gasteiger partial charge in [0.25, 0.3) is 0 Å². The highest BCUT2D eigenvalue weighted by atomic mass is 79.9.